The molecule has 0 aliphatic carbocycles. The molecule has 0 spiro atoms. The van der Waals surface area contributed by atoms with Gasteiger partial charge in [-0.05, 0) is 29.8 Å². The SMILES string of the molecule is O=C(/C=C/c1ccc(Cl)c([N+](=O)[O-])c1)NC1CC(=O)N(c2ccccc2)C1. The Balaban J connectivity index is 1.61. The molecule has 3 rings (SSSR count). The molecule has 0 radical (unpaired) electrons. The Morgan fingerprint density at radius 1 is 1.26 bits per heavy atom. The second-order valence-corrected chi connectivity index (χ2v) is 6.46. The van der Waals surface area contributed by atoms with Crippen LogP contribution in [0.2, 0.25) is 5.02 Å². The summed E-state index contributed by atoms with van der Waals surface area (Å²) in [4.78, 5) is 36.2. The van der Waals surface area contributed by atoms with Crippen molar-refractivity contribution in [2.75, 3.05) is 11.4 Å². The van der Waals surface area contributed by atoms with Crippen molar-refractivity contribution in [3.63, 3.8) is 0 Å². The molecule has 1 fully saturated rings. The molecule has 0 saturated carbocycles. The van der Waals surface area contributed by atoms with Gasteiger partial charge < -0.3 is 10.2 Å². The van der Waals surface area contributed by atoms with Gasteiger partial charge in [0.05, 0.1) is 11.0 Å². The lowest BCUT2D eigenvalue weighted by Crippen LogP contribution is -2.36. The van der Waals surface area contributed by atoms with E-state index in [1.807, 2.05) is 30.3 Å². The van der Waals surface area contributed by atoms with E-state index in [4.69, 9.17) is 11.6 Å². The minimum absolute atomic E-state index is 0.0343. The number of carbonyl (C=O) groups excluding carboxylic acids is 2. The molecule has 27 heavy (non-hydrogen) atoms. The zero-order valence-electron chi connectivity index (χ0n) is 14.2. The summed E-state index contributed by atoms with van der Waals surface area (Å²) in [6, 6.07) is 13.2. The molecule has 1 atom stereocenters. The van der Waals surface area contributed by atoms with E-state index in [9.17, 15) is 19.7 Å². The lowest BCUT2D eigenvalue weighted by atomic mass is 10.2. The Morgan fingerprint density at radius 2 is 2.00 bits per heavy atom. The van der Waals surface area contributed by atoms with Crippen LogP contribution in [0.5, 0.6) is 0 Å². The Kier molecular flexibility index (Phi) is 5.52. The summed E-state index contributed by atoms with van der Waals surface area (Å²) in [7, 11) is 0. The van der Waals surface area contributed by atoms with E-state index >= 15 is 0 Å². The van der Waals surface area contributed by atoms with Crippen LogP contribution >= 0.6 is 11.6 Å². The van der Waals surface area contributed by atoms with Gasteiger partial charge in [0.1, 0.15) is 5.02 Å². The molecule has 1 aliphatic rings. The third kappa shape index (κ3) is 4.51. The molecule has 1 unspecified atom stereocenters. The average Bonchev–Trinajstić information content (AvgIpc) is 3.01. The average molecular weight is 386 g/mol. The minimum Gasteiger partial charge on any atom is -0.347 e. The van der Waals surface area contributed by atoms with E-state index < -0.39 is 4.92 Å². The van der Waals surface area contributed by atoms with E-state index in [1.165, 1.54) is 24.3 Å². The fourth-order valence-corrected chi connectivity index (χ4v) is 3.04. The van der Waals surface area contributed by atoms with Crippen molar-refractivity contribution in [3.8, 4) is 0 Å². The Labute approximate surface area is 160 Å². The third-order valence-corrected chi connectivity index (χ3v) is 4.45. The van der Waals surface area contributed by atoms with Crippen LogP contribution in [0, 0.1) is 10.1 Å². The highest BCUT2D eigenvalue weighted by molar-refractivity contribution is 6.32. The summed E-state index contributed by atoms with van der Waals surface area (Å²) in [6.07, 6.45) is 2.97. The molecule has 1 aliphatic heterocycles. The highest BCUT2D eigenvalue weighted by atomic mass is 35.5. The predicted molar refractivity (Wildman–Crippen MR) is 102 cm³/mol. The number of amides is 2. The van der Waals surface area contributed by atoms with Crippen molar-refractivity contribution in [2.24, 2.45) is 0 Å². The maximum atomic E-state index is 12.2. The molecule has 0 aromatic heterocycles. The highest BCUT2D eigenvalue weighted by Gasteiger charge is 2.31. The molecule has 2 amide bonds. The number of benzene rings is 2. The molecule has 1 saturated heterocycles. The molecule has 8 heteroatoms. The first-order valence-corrected chi connectivity index (χ1v) is 8.60. The number of anilines is 1. The fourth-order valence-electron chi connectivity index (χ4n) is 2.86. The topological polar surface area (TPSA) is 92.5 Å². The zero-order valence-corrected chi connectivity index (χ0v) is 14.9. The van der Waals surface area contributed by atoms with E-state index in [0.717, 1.165) is 5.69 Å². The Bertz CT molecular complexity index is 914. The molecule has 138 valence electrons. The Hall–Kier alpha value is -3.19. The highest BCUT2D eigenvalue weighted by Crippen LogP contribution is 2.25. The van der Waals surface area contributed by atoms with Crippen molar-refractivity contribution < 1.29 is 14.5 Å². The lowest BCUT2D eigenvalue weighted by molar-refractivity contribution is -0.384. The van der Waals surface area contributed by atoms with Crippen LogP contribution < -0.4 is 10.2 Å². The summed E-state index contributed by atoms with van der Waals surface area (Å²) < 4.78 is 0. The smallest absolute Gasteiger partial charge is 0.288 e. The van der Waals surface area contributed by atoms with Gasteiger partial charge in [0.15, 0.2) is 0 Å². The third-order valence-electron chi connectivity index (χ3n) is 4.13. The Morgan fingerprint density at radius 3 is 2.70 bits per heavy atom. The van der Waals surface area contributed by atoms with E-state index in [0.29, 0.717) is 12.1 Å². The van der Waals surface area contributed by atoms with Crippen LogP contribution in [0.15, 0.2) is 54.6 Å². The van der Waals surface area contributed by atoms with Crippen LogP contribution in [-0.4, -0.2) is 29.3 Å². The number of nitro benzene ring substituents is 1. The molecule has 1 heterocycles. The number of nitrogens with zero attached hydrogens (tertiary/aromatic N) is 2. The van der Waals surface area contributed by atoms with Crippen molar-refractivity contribution in [1.29, 1.82) is 0 Å². The van der Waals surface area contributed by atoms with Gasteiger partial charge in [-0.15, -0.1) is 0 Å². The maximum Gasteiger partial charge on any atom is 0.288 e. The van der Waals surface area contributed by atoms with Crippen LogP contribution in [0.4, 0.5) is 11.4 Å². The van der Waals surface area contributed by atoms with Crippen molar-refractivity contribution in [2.45, 2.75) is 12.5 Å². The first-order valence-electron chi connectivity index (χ1n) is 8.22. The van der Waals surface area contributed by atoms with E-state index in [-0.39, 0.29) is 35.0 Å². The number of carbonyl (C=O) groups is 2. The lowest BCUT2D eigenvalue weighted by Gasteiger charge is -2.16. The van der Waals surface area contributed by atoms with Gasteiger partial charge in [-0.1, -0.05) is 35.9 Å². The molecule has 1 N–H and O–H groups in total. The normalized spacial score (nSPS) is 16.7. The summed E-state index contributed by atoms with van der Waals surface area (Å²) in [5, 5.41) is 13.7. The van der Waals surface area contributed by atoms with Crippen LogP contribution in [-0.2, 0) is 9.59 Å². The summed E-state index contributed by atoms with van der Waals surface area (Å²) in [6.45, 7) is 0.398. The number of hydrogen-bond donors (Lipinski definition) is 1. The van der Waals surface area contributed by atoms with Crippen molar-refractivity contribution in [3.05, 3.63) is 75.3 Å². The molecule has 2 aromatic carbocycles. The minimum atomic E-state index is -0.581. The van der Waals surface area contributed by atoms with Gasteiger partial charge in [-0.25, -0.2) is 0 Å². The number of hydrogen-bond acceptors (Lipinski definition) is 4. The quantitative estimate of drug-likeness (QED) is 0.486. The van der Waals surface area contributed by atoms with Gasteiger partial charge in [0.2, 0.25) is 11.8 Å². The van der Waals surface area contributed by atoms with Crippen molar-refractivity contribution in [1.82, 2.24) is 5.32 Å². The fraction of sp³-hybridized carbons (Fsp3) is 0.158. The maximum absolute atomic E-state index is 12.2. The number of halogens is 1. The largest absolute Gasteiger partial charge is 0.347 e. The van der Waals surface area contributed by atoms with Gasteiger partial charge in [-0.3, -0.25) is 19.7 Å². The molecule has 2 aromatic rings. The van der Waals surface area contributed by atoms with Crippen LogP contribution in [0.25, 0.3) is 6.08 Å². The second-order valence-electron chi connectivity index (χ2n) is 6.05. The second kappa shape index (κ2) is 8.01. The van der Waals surface area contributed by atoms with Crippen LogP contribution in [0.1, 0.15) is 12.0 Å². The summed E-state index contributed by atoms with van der Waals surface area (Å²) >= 11 is 5.76. The molecular weight excluding hydrogens is 370 g/mol. The predicted octanol–water partition coefficient (Wildman–Crippen LogP) is 3.18. The van der Waals surface area contributed by atoms with E-state index in [2.05, 4.69) is 5.32 Å². The van der Waals surface area contributed by atoms with Gasteiger partial charge >= 0.3 is 0 Å². The zero-order chi connectivity index (χ0) is 19.4. The van der Waals surface area contributed by atoms with Gasteiger partial charge in [0, 0.05) is 30.8 Å². The molecular formula is C19H16ClN3O4. The number of nitro groups is 1. The van der Waals surface area contributed by atoms with Crippen LogP contribution in [0.3, 0.4) is 0 Å². The first kappa shape index (κ1) is 18.6. The van der Waals surface area contributed by atoms with Gasteiger partial charge in [0.25, 0.3) is 5.69 Å². The monoisotopic (exact) mass is 385 g/mol. The first-order chi connectivity index (χ1) is 12.9. The van der Waals surface area contributed by atoms with Gasteiger partial charge in [-0.2, -0.15) is 0 Å². The summed E-state index contributed by atoms with van der Waals surface area (Å²) in [5.41, 5.74) is 1.05. The van der Waals surface area contributed by atoms with Crippen molar-refractivity contribution >= 4 is 40.9 Å². The number of para-hydroxylation sites is 1. The standard InChI is InChI=1S/C19H16ClN3O4/c20-16-8-6-13(10-17(16)23(26)27)7-9-18(24)21-14-11-19(25)22(12-14)15-4-2-1-3-5-15/h1-10,14H,11-12H2,(H,21,24)/b9-7+. The number of rotatable bonds is 5. The number of nitrogens with one attached hydrogen (secondary N) is 1. The summed E-state index contributed by atoms with van der Waals surface area (Å²) in [5.74, 6) is -0.427. The van der Waals surface area contributed by atoms with E-state index in [1.54, 1.807) is 11.0 Å². The molecule has 7 nitrogen and oxygen atoms in total. The molecule has 0 bridgehead atoms.